The maximum atomic E-state index is 11.7. The molecular formula is C12H24N2O2. The van der Waals surface area contributed by atoms with Gasteiger partial charge in [-0.05, 0) is 12.3 Å². The molecule has 16 heavy (non-hydrogen) atoms. The minimum atomic E-state index is 0.0279. The van der Waals surface area contributed by atoms with Crippen LogP contribution in [0.3, 0.4) is 0 Å². The molecule has 0 saturated heterocycles. The van der Waals surface area contributed by atoms with Gasteiger partial charge in [-0.1, -0.05) is 20.8 Å². The number of methoxy groups -OCH3 is 1. The maximum Gasteiger partial charge on any atom is 0.220 e. The minimum Gasteiger partial charge on any atom is -0.384 e. The molecule has 1 saturated carbocycles. The van der Waals surface area contributed by atoms with Crippen molar-refractivity contribution >= 4 is 5.91 Å². The predicted molar refractivity (Wildman–Crippen MR) is 64.0 cm³/mol. The van der Waals surface area contributed by atoms with Gasteiger partial charge in [0.15, 0.2) is 0 Å². The number of carbonyl (C=O) groups is 1. The van der Waals surface area contributed by atoms with Crippen LogP contribution < -0.4 is 11.1 Å². The lowest BCUT2D eigenvalue weighted by Crippen LogP contribution is -2.64. The van der Waals surface area contributed by atoms with Gasteiger partial charge in [0.2, 0.25) is 5.91 Å². The van der Waals surface area contributed by atoms with E-state index in [0.29, 0.717) is 13.0 Å². The molecule has 1 aliphatic carbocycles. The van der Waals surface area contributed by atoms with Gasteiger partial charge >= 0.3 is 0 Å². The van der Waals surface area contributed by atoms with Crippen molar-refractivity contribution in [3.8, 4) is 0 Å². The van der Waals surface area contributed by atoms with Gasteiger partial charge in [-0.3, -0.25) is 4.79 Å². The summed E-state index contributed by atoms with van der Waals surface area (Å²) in [6.45, 7) is 6.84. The quantitative estimate of drug-likeness (QED) is 0.735. The molecule has 3 N–H and O–H groups in total. The second kappa shape index (κ2) is 5.15. The Hall–Kier alpha value is -0.610. The molecule has 94 valence electrons. The minimum absolute atomic E-state index is 0.0279. The van der Waals surface area contributed by atoms with E-state index in [0.717, 1.165) is 6.42 Å². The molecule has 0 aliphatic heterocycles. The van der Waals surface area contributed by atoms with Gasteiger partial charge in [-0.2, -0.15) is 0 Å². The van der Waals surface area contributed by atoms with E-state index in [2.05, 4.69) is 19.2 Å². The van der Waals surface area contributed by atoms with Crippen LogP contribution in [-0.4, -0.2) is 31.7 Å². The molecule has 3 atom stereocenters. The number of nitrogens with two attached hydrogens (primary N) is 1. The summed E-state index contributed by atoms with van der Waals surface area (Å²) in [4.78, 5) is 11.7. The summed E-state index contributed by atoms with van der Waals surface area (Å²) in [5.41, 5.74) is 5.93. The first-order chi connectivity index (χ1) is 7.37. The van der Waals surface area contributed by atoms with Gasteiger partial charge in [-0.15, -0.1) is 0 Å². The highest BCUT2D eigenvalue weighted by Gasteiger charge is 2.46. The average molecular weight is 228 g/mol. The first-order valence-corrected chi connectivity index (χ1v) is 5.91. The third kappa shape index (κ3) is 2.95. The number of nitrogens with one attached hydrogen (secondary N) is 1. The van der Waals surface area contributed by atoms with E-state index in [-0.39, 0.29) is 29.3 Å². The van der Waals surface area contributed by atoms with Crippen LogP contribution in [0.25, 0.3) is 0 Å². The van der Waals surface area contributed by atoms with Crippen molar-refractivity contribution in [1.29, 1.82) is 0 Å². The number of hydrogen-bond donors (Lipinski definition) is 2. The molecule has 4 nitrogen and oxygen atoms in total. The largest absolute Gasteiger partial charge is 0.384 e. The molecule has 1 amide bonds. The molecule has 0 aromatic heterocycles. The number of rotatable bonds is 5. The lowest BCUT2D eigenvalue weighted by Gasteiger charge is -2.50. The highest BCUT2D eigenvalue weighted by atomic mass is 16.5. The number of amides is 1. The van der Waals surface area contributed by atoms with Gasteiger partial charge < -0.3 is 15.8 Å². The molecular weight excluding hydrogens is 204 g/mol. The Morgan fingerprint density at radius 3 is 2.69 bits per heavy atom. The third-order valence-electron chi connectivity index (χ3n) is 3.66. The van der Waals surface area contributed by atoms with E-state index in [4.69, 9.17) is 10.5 Å². The molecule has 4 heteroatoms. The lowest BCUT2D eigenvalue weighted by atomic mass is 9.63. The first-order valence-electron chi connectivity index (χ1n) is 5.91. The van der Waals surface area contributed by atoms with Gasteiger partial charge in [-0.25, -0.2) is 0 Å². The Kier molecular flexibility index (Phi) is 4.33. The van der Waals surface area contributed by atoms with E-state index in [1.54, 1.807) is 7.11 Å². The van der Waals surface area contributed by atoms with E-state index in [9.17, 15) is 4.79 Å². The zero-order valence-corrected chi connectivity index (χ0v) is 10.7. The van der Waals surface area contributed by atoms with Crippen molar-refractivity contribution in [2.45, 2.75) is 45.7 Å². The Morgan fingerprint density at radius 2 is 2.25 bits per heavy atom. The van der Waals surface area contributed by atoms with Crippen molar-refractivity contribution in [1.82, 2.24) is 5.32 Å². The smallest absolute Gasteiger partial charge is 0.220 e. The summed E-state index contributed by atoms with van der Waals surface area (Å²) >= 11 is 0. The fraction of sp³-hybridized carbons (Fsp3) is 0.917. The van der Waals surface area contributed by atoms with Crippen LogP contribution in [0.2, 0.25) is 0 Å². The Labute approximate surface area is 97.9 Å². The molecule has 0 aromatic carbocycles. The number of carbonyl (C=O) groups excluding carboxylic acids is 1. The van der Waals surface area contributed by atoms with Crippen LogP contribution in [0.15, 0.2) is 0 Å². The van der Waals surface area contributed by atoms with Crippen LogP contribution in [0.1, 0.15) is 33.6 Å². The van der Waals surface area contributed by atoms with Crippen LogP contribution in [0, 0.1) is 11.3 Å². The van der Waals surface area contributed by atoms with E-state index >= 15 is 0 Å². The fourth-order valence-corrected chi connectivity index (χ4v) is 2.12. The zero-order valence-electron chi connectivity index (χ0n) is 10.7. The maximum absolute atomic E-state index is 11.7. The number of ether oxygens (including phenoxy) is 1. The van der Waals surface area contributed by atoms with Gasteiger partial charge in [0.05, 0.1) is 0 Å². The van der Waals surface area contributed by atoms with Crippen LogP contribution in [-0.2, 0) is 9.53 Å². The summed E-state index contributed by atoms with van der Waals surface area (Å²) in [5.74, 6) is 0.372. The van der Waals surface area contributed by atoms with Crippen molar-refractivity contribution in [3.63, 3.8) is 0 Å². The Morgan fingerprint density at radius 1 is 1.62 bits per heavy atom. The highest BCUT2D eigenvalue weighted by Crippen LogP contribution is 2.39. The molecule has 0 spiro atoms. The molecule has 0 heterocycles. The molecule has 1 fully saturated rings. The highest BCUT2D eigenvalue weighted by molar-refractivity contribution is 5.76. The topological polar surface area (TPSA) is 64.3 Å². The average Bonchev–Trinajstić information content (AvgIpc) is 2.17. The van der Waals surface area contributed by atoms with E-state index in [1.165, 1.54) is 0 Å². The summed E-state index contributed by atoms with van der Waals surface area (Å²) < 4.78 is 5.01. The second-order valence-corrected chi connectivity index (χ2v) is 5.55. The van der Waals surface area contributed by atoms with Crippen LogP contribution in [0.4, 0.5) is 0 Å². The zero-order chi connectivity index (χ0) is 12.3. The normalized spacial score (nSPS) is 29.3. The SMILES string of the molecule is COCC(C)CC(=O)NC1CC(N)C1(C)C. The Bertz CT molecular complexity index is 253. The molecule has 3 unspecified atom stereocenters. The molecule has 0 radical (unpaired) electrons. The first kappa shape index (κ1) is 13.5. The predicted octanol–water partition coefficient (Wildman–Crippen LogP) is 0.901. The third-order valence-corrected chi connectivity index (χ3v) is 3.66. The molecule has 1 rings (SSSR count). The van der Waals surface area contributed by atoms with Crippen LogP contribution in [0.5, 0.6) is 0 Å². The monoisotopic (exact) mass is 228 g/mol. The van der Waals surface area contributed by atoms with Gasteiger partial charge in [0.25, 0.3) is 0 Å². The van der Waals surface area contributed by atoms with Gasteiger partial charge in [0.1, 0.15) is 0 Å². The van der Waals surface area contributed by atoms with Crippen molar-refractivity contribution in [2.24, 2.45) is 17.1 Å². The summed E-state index contributed by atoms with van der Waals surface area (Å²) in [7, 11) is 1.66. The van der Waals surface area contributed by atoms with E-state index < -0.39 is 0 Å². The van der Waals surface area contributed by atoms with Crippen molar-refractivity contribution in [3.05, 3.63) is 0 Å². The molecule has 1 aliphatic rings. The molecule has 0 bridgehead atoms. The van der Waals surface area contributed by atoms with Crippen molar-refractivity contribution < 1.29 is 9.53 Å². The number of hydrogen-bond acceptors (Lipinski definition) is 3. The second-order valence-electron chi connectivity index (χ2n) is 5.55. The lowest BCUT2D eigenvalue weighted by molar-refractivity contribution is -0.125. The van der Waals surface area contributed by atoms with Crippen molar-refractivity contribution in [2.75, 3.05) is 13.7 Å². The van der Waals surface area contributed by atoms with Gasteiger partial charge in [0, 0.05) is 37.6 Å². The standard InChI is InChI=1S/C12H24N2O2/c1-8(7-16-4)5-11(15)14-10-6-9(13)12(10,2)3/h8-10H,5-7,13H2,1-4H3,(H,14,15). The fourth-order valence-electron chi connectivity index (χ4n) is 2.12. The summed E-state index contributed by atoms with van der Waals surface area (Å²) in [6, 6.07) is 0.430. The van der Waals surface area contributed by atoms with E-state index in [1.807, 2.05) is 6.92 Å². The molecule has 0 aromatic rings. The Balaban J connectivity index is 2.31. The van der Waals surface area contributed by atoms with Crippen LogP contribution >= 0.6 is 0 Å². The summed E-state index contributed by atoms with van der Waals surface area (Å²) in [5, 5.41) is 3.05. The summed E-state index contributed by atoms with van der Waals surface area (Å²) in [6.07, 6.45) is 1.41.